The monoisotopic (exact) mass is 205 g/mol. The van der Waals surface area contributed by atoms with Gasteiger partial charge >= 0.3 is 0 Å². The maximum absolute atomic E-state index is 11.6. The predicted molar refractivity (Wildman–Crippen MR) is 55.9 cm³/mol. The van der Waals surface area contributed by atoms with Gasteiger partial charge < -0.3 is 10.6 Å². The lowest BCUT2D eigenvalue weighted by atomic mass is 10.2. The Bertz CT molecular complexity index is 504. The first kappa shape index (κ1) is 9.45. The van der Waals surface area contributed by atoms with E-state index in [0.29, 0.717) is 11.2 Å². The molecular weight excluding hydrogens is 194 g/mol. The summed E-state index contributed by atoms with van der Waals surface area (Å²) in [7, 11) is 3.35. The molecule has 0 fully saturated rings. The van der Waals surface area contributed by atoms with E-state index in [2.05, 4.69) is 20.8 Å². The molecule has 0 aliphatic carbocycles. The van der Waals surface area contributed by atoms with Crippen molar-refractivity contribution in [3.05, 3.63) is 24.2 Å². The third-order valence-electron chi connectivity index (χ3n) is 2.17. The zero-order valence-corrected chi connectivity index (χ0v) is 8.48. The van der Waals surface area contributed by atoms with E-state index in [-0.39, 0.29) is 5.91 Å². The summed E-state index contributed by atoms with van der Waals surface area (Å²) in [4.78, 5) is 11.6. The van der Waals surface area contributed by atoms with Crippen LogP contribution in [0, 0.1) is 0 Å². The molecule has 2 aromatic heterocycles. The first-order valence-electron chi connectivity index (χ1n) is 4.49. The molecule has 0 unspecified atom stereocenters. The Labute approximate surface area is 86.3 Å². The van der Waals surface area contributed by atoms with Gasteiger partial charge in [0.2, 0.25) is 0 Å². The van der Waals surface area contributed by atoms with Crippen molar-refractivity contribution in [1.29, 1.82) is 0 Å². The summed E-state index contributed by atoms with van der Waals surface area (Å²) < 4.78 is 1.75. The molecule has 0 atom stereocenters. The van der Waals surface area contributed by atoms with Crippen molar-refractivity contribution in [2.45, 2.75) is 0 Å². The first-order chi connectivity index (χ1) is 7.26. The van der Waals surface area contributed by atoms with E-state index < -0.39 is 0 Å². The molecule has 2 N–H and O–H groups in total. The van der Waals surface area contributed by atoms with Gasteiger partial charge in [0.15, 0.2) is 5.65 Å². The molecule has 0 bridgehead atoms. The summed E-state index contributed by atoms with van der Waals surface area (Å²) >= 11 is 0. The summed E-state index contributed by atoms with van der Waals surface area (Å²) in [5.41, 5.74) is 1.94. The fraction of sp³-hybridized carbons (Fsp3) is 0.222. The fourth-order valence-electron chi connectivity index (χ4n) is 1.39. The van der Waals surface area contributed by atoms with Crippen LogP contribution >= 0.6 is 0 Å². The maximum Gasteiger partial charge on any atom is 0.253 e. The lowest BCUT2D eigenvalue weighted by Gasteiger charge is -2.07. The highest BCUT2D eigenvalue weighted by Gasteiger charge is 2.11. The molecule has 2 heterocycles. The molecule has 0 radical (unpaired) electrons. The van der Waals surface area contributed by atoms with Crippen LogP contribution in [0.1, 0.15) is 10.4 Å². The molecule has 0 saturated heterocycles. The predicted octanol–water partition coefficient (Wildman–Crippen LogP) is 0.131. The number of nitrogens with one attached hydrogen (secondary N) is 2. The van der Waals surface area contributed by atoms with E-state index >= 15 is 0 Å². The third kappa shape index (κ3) is 1.50. The smallest absolute Gasteiger partial charge is 0.253 e. The van der Waals surface area contributed by atoms with Crippen molar-refractivity contribution >= 4 is 17.2 Å². The molecule has 6 heteroatoms. The molecule has 1 amide bonds. The third-order valence-corrected chi connectivity index (χ3v) is 2.17. The van der Waals surface area contributed by atoms with Crippen LogP contribution in [0.4, 0.5) is 5.69 Å². The summed E-state index contributed by atoms with van der Waals surface area (Å²) in [6.45, 7) is 0. The fourth-order valence-corrected chi connectivity index (χ4v) is 1.39. The van der Waals surface area contributed by atoms with Crippen LogP contribution in [0.5, 0.6) is 0 Å². The normalized spacial score (nSPS) is 10.3. The van der Waals surface area contributed by atoms with Gasteiger partial charge in [0.05, 0.1) is 11.3 Å². The average molecular weight is 205 g/mol. The molecule has 0 aromatic carbocycles. The van der Waals surface area contributed by atoms with E-state index in [9.17, 15) is 4.79 Å². The minimum absolute atomic E-state index is 0.148. The number of hydrogen-bond donors (Lipinski definition) is 2. The summed E-state index contributed by atoms with van der Waals surface area (Å²) in [6, 6.07) is 1.69. The second-order valence-electron chi connectivity index (χ2n) is 3.03. The Morgan fingerprint density at radius 2 is 2.27 bits per heavy atom. The number of rotatable bonds is 2. The molecule has 15 heavy (non-hydrogen) atoms. The quantitative estimate of drug-likeness (QED) is 0.731. The number of pyridine rings is 1. The van der Waals surface area contributed by atoms with Crippen molar-refractivity contribution in [1.82, 2.24) is 19.9 Å². The lowest BCUT2D eigenvalue weighted by Crippen LogP contribution is -2.19. The molecular formula is C9H11N5O. The van der Waals surface area contributed by atoms with E-state index in [0.717, 1.165) is 5.69 Å². The van der Waals surface area contributed by atoms with Crippen molar-refractivity contribution in [2.75, 3.05) is 19.4 Å². The molecule has 6 nitrogen and oxygen atoms in total. The number of carbonyl (C=O) groups is 1. The molecule has 0 spiro atoms. The van der Waals surface area contributed by atoms with Crippen LogP contribution in [0.15, 0.2) is 18.6 Å². The maximum atomic E-state index is 11.6. The number of anilines is 1. The van der Waals surface area contributed by atoms with Crippen LogP contribution in [0.25, 0.3) is 5.65 Å². The van der Waals surface area contributed by atoms with Gasteiger partial charge in [-0.2, -0.15) is 0 Å². The average Bonchev–Trinajstić information content (AvgIpc) is 2.73. The Morgan fingerprint density at radius 1 is 1.47 bits per heavy atom. The number of amides is 1. The first-order valence-corrected chi connectivity index (χ1v) is 4.49. The molecule has 2 aromatic rings. The van der Waals surface area contributed by atoms with Crippen LogP contribution in [0.2, 0.25) is 0 Å². The van der Waals surface area contributed by atoms with Gasteiger partial charge in [-0.3, -0.25) is 9.20 Å². The van der Waals surface area contributed by atoms with Crippen LogP contribution < -0.4 is 10.6 Å². The van der Waals surface area contributed by atoms with Gasteiger partial charge in [-0.25, -0.2) is 0 Å². The second kappa shape index (κ2) is 3.56. The van der Waals surface area contributed by atoms with Crippen molar-refractivity contribution in [2.24, 2.45) is 0 Å². The Hall–Kier alpha value is -2.11. The number of nitrogens with zero attached hydrogens (tertiary/aromatic N) is 3. The van der Waals surface area contributed by atoms with Gasteiger partial charge in [-0.05, 0) is 6.07 Å². The topological polar surface area (TPSA) is 71.3 Å². The van der Waals surface area contributed by atoms with Crippen LogP contribution in [-0.4, -0.2) is 34.6 Å². The van der Waals surface area contributed by atoms with Crippen molar-refractivity contribution in [3.8, 4) is 0 Å². The van der Waals surface area contributed by atoms with E-state index in [1.54, 1.807) is 37.1 Å². The van der Waals surface area contributed by atoms with Crippen molar-refractivity contribution in [3.63, 3.8) is 0 Å². The zero-order valence-electron chi connectivity index (χ0n) is 8.48. The van der Waals surface area contributed by atoms with Gasteiger partial charge in [-0.15, -0.1) is 10.2 Å². The van der Waals surface area contributed by atoms with Crippen LogP contribution in [-0.2, 0) is 0 Å². The van der Waals surface area contributed by atoms with E-state index in [1.807, 2.05) is 0 Å². The van der Waals surface area contributed by atoms with Crippen LogP contribution in [0.3, 0.4) is 0 Å². The summed E-state index contributed by atoms with van der Waals surface area (Å²) in [5, 5.41) is 13.2. The highest BCUT2D eigenvalue weighted by Crippen LogP contribution is 2.16. The van der Waals surface area contributed by atoms with Gasteiger partial charge in [0, 0.05) is 20.3 Å². The minimum atomic E-state index is -0.148. The second-order valence-corrected chi connectivity index (χ2v) is 3.03. The lowest BCUT2D eigenvalue weighted by molar-refractivity contribution is 0.0964. The van der Waals surface area contributed by atoms with Gasteiger partial charge in [0.25, 0.3) is 5.91 Å². The molecule has 78 valence electrons. The van der Waals surface area contributed by atoms with Crippen molar-refractivity contribution < 1.29 is 4.79 Å². The number of aromatic nitrogens is 3. The summed E-state index contributed by atoms with van der Waals surface area (Å²) in [6.07, 6.45) is 3.36. The molecule has 2 rings (SSSR count). The largest absolute Gasteiger partial charge is 0.386 e. The Morgan fingerprint density at radius 3 is 2.93 bits per heavy atom. The number of fused-ring (bicyclic) bond motifs is 1. The highest BCUT2D eigenvalue weighted by atomic mass is 16.1. The molecule has 0 aliphatic heterocycles. The summed E-state index contributed by atoms with van der Waals surface area (Å²) in [5.74, 6) is -0.148. The van der Waals surface area contributed by atoms with Gasteiger partial charge in [-0.1, -0.05) is 0 Å². The molecule has 0 saturated carbocycles. The standard InChI is InChI=1S/C9H11N5O/c1-10-7-4-14-5-12-13-8(14)3-6(7)9(15)11-2/h3-5,10H,1-2H3,(H,11,15). The zero-order chi connectivity index (χ0) is 10.8. The Kier molecular flexibility index (Phi) is 2.24. The van der Waals surface area contributed by atoms with E-state index in [4.69, 9.17) is 0 Å². The number of hydrogen-bond acceptors (Lipinski definition) is 4. The Balaban J connectivity index is 2.64. The van der Waals surface area contributed by atoms with E-state index in [1.165, 1.54) is 0 Å². The minimum Gasteiger partial charge on any atom is -0.386 e. The SMILES string of the molecule is CNC(=O)c1cc2nncn2cc1NC. The van der Waals surface area contributed by atoms with Gasteiger partial charge in [0.1, 0.15) is 6.33 Å². The highest BCUT2D eigenvalue weighted by molar-refractivity contribution is 6.00. The molecule has 0 aliphatic rings. The number of carbonyl (C=O) groups excluding carboxylic acids is 1.